The minimum atomic E-state index is -1.12. The maximum Gasteiger partial charge on any atom is 0.137 e. The first-order chi connectivity index (χ1) is 15.9. The number of hydrogen-bond acceptors (Lipinski definition) is 5. The van der Waals surface area contributed by atoms with Gasteiger partial charge < -0.3 is 19.1 Å². The first-order valence-corrected chi connectivity index (χ1v) is 11.7. The molecule has 0 unspecified atom stereocenters. The number of anilines is 1. The van der Waals surface area contributed by atoms with Crippen molar-refractivity contribution < 1.29 is 9.13 Å². The van der Waals surface area contributed by atoms with Crippen LogP contribution in [0.25, 0.3) is 22.2 Å². The number of likely N-dealkylation sites (N-methyl/N-ethyl adjacent to an activating group) is 1. The number of rotatable bonds is 4. The van der Waals surface area contributed by atoms with E-state index in [0.717, 1.165) is 54.2 Å². The van der Waals surface area contributed by atoms with E-state index >= 15 is 0 Å². The van der Waals surface area contributed by atoms with Gasteiger partial charge in [-0.1, -0.05) is 12.1 Å². The highest BCUT2D eigenvalue weighted by molar-refractivity contribution is 5.88. The molecule has 5 rings (SSSR count). The summed E-state index contributed by atoms with van der Waals surface area (Å²) in [6.07, 6.45) is 3.21. The Bertz CT molecular complexity index is 1170. The van der Waals surface area contributed by atoms with Crippen LogP contribution in [0.5, 0.6) is 0 Å². The zero-order chi connectivity index (χ0) is 23.0. The maximum atomic E-state index is 14.5. The summed E-state index contributed by atoms with van der Waals surface area (Å²) >= 11 is 0. The topological polar surface area (TPSA) is 57.3 Å². The van der Waals surface area contributed by atoms with Gasteiger partial charge in [-0.05, 0) is 56.6 Å². The van der Waals surface area contributed by atoms with Crippen LogP contribution in [-0.4, -0.2) is 66.1 Å². The molecular formula is C26H30FN5O. The highest BCUT2D eigenvalue weighted by Gasteiger charge is 2.31. The molecule has 1 atom stereocenters. The predicted molar refractivity (Wildman–Crippen MR) is 128 cm³/mol. The van der Waals surface area contributed by atoms with Crippen LogP contribution in [0.2, 0.25) is 0 Å². The second-order valence-electron chi connectivity index (χ2n) is 9.58. The molecule has 2 fully saturated rings. The first-order valence-electron chi connectivity index (χ1n) is 11.7. The lowest BCUT2D eigenvalue weighted by molar-refractivity contribution is -0.0269. The van der Waals surface area contributed by atoms with E-state index in [1.54, 1.807) is 6.92 Å². The molecule has 0 N–H and O–H groups in total. The largest absolute Gasteiger partial charge is 0.374 e. The number of fused-ring (bicyclic) bond motifs is 1. The molecule has 2 aromatic heterocycles. The Morgan fingerprint density at radius 3 is 2.64 bits per heavy atom. The van der Waals surface area contributed by atoms with Crippen molar-refractivity contribution in [2.45, 2.75) is 38.1 Å². The molecule has 6 nitrogen and oxygen atoms in total. The SMILES string of the molecule is CN1CCO[C@H](Cn2ccc3nc(N4CCC(C)(F)CC4)c(-c4ccc(C#N)cc4)cc32)C1. The second kappa shape index (κ2) is 8.77. The molecule has 1 aromatic carbocycles. The summed E-state index contributed by atoms with van der Waals surface area (Å²) < 4.78 is 22.7. The van der Waals surface area contributed by atoms with E-state index in [1.165, 1.54) is 0 Å². The van der Waals surface area contributed by atoms with Crippen LogP contribution in [0, 0.1) is 11.3 Å². The number of aromatic nitrogens is 2. The number of hydrogen-bond donors (Lipinski definition) is 0. The van der Waals surface area contributed by atoms with Gasteiger partial charge in [-0.15, -0.1) is 0 Å². The third-order valence-corrected chi connectivity index (χ3v) is 6.91. The molecule has 0 saturated carbocycles. The average Bonchev–Trinajstić information content (AvgIpc) is 3.20. The Hall–Kier alpha value is -2.95. The van der Waals surface area contributed by atoms with Crippen molar-refractivity contribution in [1.82, 2.24) is 14.5 Å². The highest BCUT2D eigenvalue weighted by Crippen LogP contribution is 2.36. The summed E-state index contributed by atoms with van der Waals surface area (Å²) in [5.74, 6) is 0.883. The van der Waals surface area contributed by atoms with Crippen LogP contribution in [0.15, 0.2) is 42.6 Å². The average molecular weight is 448 g/mol. The van der Waals surface area contributed by atoms with Crippen molar-refractivity contribution in [2.75, 3.05) is 44.7 Å². The molecule has 172 valence electrons. The Kier molecular flexibility index (Phi) is 5.81. The summed E-state index contributed by atoms with van der Waals surface area (Å²) in [6.45, 7) is 6.35. The van der Waals surface area contributed by atoms with Crippen LogP contribution in [0.4, 0.5) is 10.2 Å². The number of pyridine rings is 1. The monoisotopic (exact) mass is 447 g/mol. The third-order valence-electron chi connectivity index (χ3n) is 6.91. The zero-order valence-corrected chi connectivity index (χ0v) is 19.3. The van der Waals surface area contributed by atoms with Gasteiger partial charge in [-0.25, -0.2) is 9.37 Å². The van der Waals surface area contributed by atoms with Gasteiger partial charge in [0.15, 0.2) is 0 Å². The predicted octanol–water partition coefficient (Wildman–Crippen LogP) is 4.23. The number of nitriles is 1. The van der Waals surface area contributed by atoms with Crippen molar-refractivity contribution in [1.29, 1.82) is 5.26 Å². The quantitative estimate of drug-likeness (QED) is 0.599. The number of halogens is 1. The Morgan fingerprint density at radius 2 is 1.94 bits per heavy atom. The van der Waals surface area contributed by atoms with Crippen molar-refractivity contribution in [2.24, 2.45) is 0 Å². The van der Waals surface area contributed by atoms with Gasteiger partial charge in [-0.3, -0.25) is 0 Å². The molecule has 0 amide bonds. The summed E-state index contributed by atoms with van der Waals surface area (Å²) in [5.41, 5.74) is 3.51. The number of piperidine rings is 1. The zero-order valence-electron chi connectivity index (χ0n) is 19.3. The molecule has 4 heterocycles. The molecule has 2 aliphatic rings. The van der Waals surface area contributed by atoms with Gasteiger partial charge in [0.2, 0.25) is 0 Å². The fourth-order valence-corrected chi connectivity index (χ4v) is 4.82. The fraction of sp³-hybridized carbons (Fsp3) is 0.462. The van der Waals surface area contributed by atoms with Crippen molar-refractivity contribution in [3.05, 3.63) is 48.2 Å². The number of nitrogens with zero attached hydrogens (tertiary/aromatic N) is 5. The molecular weight excluding hydrogens is 417 g/mol. The van der Waals surface area contributed by atoms with Gasteiger partial charge in [0.05, 0.1) is 41.9 Å². The van der Waals surface area contributed by atoms with E-state index in [2.05, 4.69) is 45.8 Å². The fourth-order valence-electron chi connectivity index (χ4n) is 4.82. The van der Waals surface area contributed by atoms with Crippen LogP contribution < -0.4 is 4.90 Å². The maximum absolute atomic E-state index is 14.5. The first kappa shape index (κ1) is 21.9. The summed E-state index contributed by atoms with van der Waals surface area (Å²) in [6, 6.07) is 14.0. The van der Waals surface area contributed by atoms with E-state index < -0.39 is 5.67 Å². The number of ether oxygens (including phenoxy) is 1. The lowest BCUT2D eigenvalue weighted by Crippen LogP contribution is -2.41. The highest BCUT2D eigenvalue weighted by atomic mass is 19.1. The van der Waals surface area contributed by atoms with Crippen LogP contribution >= 0.6 is 0 Å². The number of benzene rings is 1. The van der Waals surface area contributed by atoms with E-state index in [4.69, 9.17) is 9.72 Å². The third kappa shape index (κ3) is 4.59. The summed E-state index contributed by atoms with van der Waals surface area (Å²) in [4.78, 5) is 9.56. The van der Waals surface area contributed by atoms with E-state index in [0.29, 0.717) is 31.5 Å². The van der Waals surface area contributed by atoms with E-state index in [-0.39, 0.29) is 6.10 Å². The second-order valence-corrected chi connectivity index (χ2v) is 9.58. The summed E-state index contributed by atoms with van der Waals surface area (Å²) in [7, 11) is 2.13. The molecule has 2 saturated heterocycles. The normalized spacial score (nSPS) is 21.3. The van der Waals surface area contributed by atoms with E-state index in [9.17, 15) is 9.65 Å². The number of alkyl halides is 1. The lowest BCUT2D eigenvalue weighted by Gasteiger charge is -2.36. The van der Waals surface area contributed by atoms with Crippen molar-refractivity contribution in [3.63, 3.8) is 0 Å². The Morgan fingerprint density at radius 1 is 1.18 bits per heavy atom. The van der Waals surface area contributed by atoms with Gasteiger partial charge in [-0.2, -0.15) is 5.26 Å². The summed E-state index contributed by atoms with van der Waals surface area (Å²) in [5, 5.41) is 9.21. The van der Waals surface area contributed by atoms with Crippen LogP contribution in [0.3, 0.4) is 0 Å². The standard InChI is InChI=1S/C26H30FN5O/c1-26(27)8-11-31(12-9-26)25-22(20-5-3-19(16-28)4-6-20)15-24-23(29-25)7-10-32(24)18-21-17-30(2)13-14-33-21/h3-7,10,15,21H,8-9,11-14,17-18H2,1-2H3/t21-/m0/s1. The number of morpholine rings is 1. The van der Waals surface area contributed by atoms with Crippen molar-refractivity contribution in [3.8, 4) is 17.2 Å². The smallest absolute Gasteiger partial charge is 0.137 e. The molecule has 0 radical (unpaired) electrons. The molecule has 0 bridgehead atoms. The molecule has 2 aliphatic heterocycles. The van der Waals surface area contributed by atoms with E-state index in [1.807, 2.05) is 24.3 Å². The molecule has 3 aromatic rings. The molecule has 0 aliphatic carbocycles. The molecule has 33 heavy (non-hydrogen) atoms. The molecule has 7 heteroatoms. The Labute approximate surface area is 194 Å². The Balaban J connectivity index is 1.54. The van der Waals surface area contributed by atoms with Crippen LogP contribution in [0.1, 0.15) is 25.3 Å². The van der Waals surface area contributed by atoms with Gasteiger partial charge in [0.25, 0.3) is 0 Å². The van der Waals surface area contributed by atoms with Gasteiger partial charge in [0, 0.05) is 37.9 Å². The van der Waals surface area contributed by atoms with Gasteiger partial charge >= 0.3 is 0 Å². The minimum absolute atomic E-state index is 0.140. The van der Waals surface area contributed by atoms with Crippen LogP contribution in [-0.2, 0) is 11.3 Å². The van der Waals surface area contributed by atoms with Gasteiger partial charge in [0.1, 0.15) is 11.5 Å². The minimum Gasteiger partial charge on any atom is -0.374 e. The lowest BCUT2D eigenvalue weighted by atomic mass is 9.95. The molecule has 0 spiro atoms. The van der Waals surface area contributed by atoms with Crippen molar-refractivity contribution >= 4 is 16.9 Å².